The Morgan fingerprint density at radius 2 is 1.71 bits per heavy atom. The predicted octanol–water partition coefficient (Wildman–Crippen LogP) is 4.13. The fourth-order valence-corrected chi connectivity index (χ4v) is 1.62. The average molecular weight is 264 g/mol. The lowest BCUT2D eigenvalue weighted by Crippen LogP contribution is -2.14. The van der Waals surface area contributed by atoms with E-state index in [2.05, 4.69) is 13.8 Å². The number of benzene rings is 1. The van der Waals surface area contributed by atoms with Gasteiger partial charge in [0.15, 0.2) is 11.6 Å². The molecule has 1 rings (SSSR count). The number of halogens is 3. The van der Waals surface area contributed by atoms with Crippen LogP contribution < -0.4 is 5.73 Å². The van der Waals surface area contributed by atoms with E-state index in [0.717, 1.165) is 6.42 Å². The van der Waals surface area contributed by atoms with Gasteiger partial charge >= 0.3 is 0 Å². The van der Waals surface area contributed by atoms with Crippen molar-refractivity contribution in [1.29, 1.82) is 0 Å². The van der Waals surface area contributed by atoms with Crippen LogP contribution in [0.3, 0.4) is 0 Å². The standard InChI is InChI=1S/C13H19F2N.ClH/c1-8(2)4-7-11(16)10-6-5-9(3)12(14)13(10)15;/h5-6,8,11H,4,7,16H2,1-3H3;1H/t11-;/m0./s1. The Morgan fingerprint density at radius 1 is 1.12 bits per heavy atom. The van der Waals surface area contributed by atoms with Crippen molar-refractivity contribution in [3.05, 3.63) is 34.9 Å². The van der Waals surface area contributed by atoms with Gasteiger partial charge in [0, 0.05) is 11.6 Å². The summed E-state index contributed by atoms with van der Waals surface area (Å²) in [5.74, 6) is -1.06. The van der Waals surface area contributed by atoms with Gasteiger partial charge in [-0.25, -0.2) is 8.78 Å². The minimum absolute atomic E-state index is 0. The van der Waals surface area contributed by atoms with E-state index < -0.39 is 17.7 Å². The molecular formula is C13H20ClF2N. The molecule has 0 aliphatic rings. The topological polar surface area (TPSA) is 26.0 Å². The molecule has 1 atom stereocenters. The average Bonchev–Trinajstić information content (AvgIpc) is 2.23. The maximum absolute atomic E-state index is 13.6. The molecule has 0 spiro atoms. The molecule has 0 saturated heterocycles. The highest BCUT2D eigenvalue weighted by Gasteiger charge is 2.16. The van der Waals surface area contributed by atoms with Gasteiger partial charge < -0.3 is 5.73 Å². The third kappa shape index (κ3) is 4.25. The summed E-state index contributed by atoms with van der Waals surface area (Å²) in [6.45, 7) is 5.71. The van der Waals surface area contributed by atoms with Gasteiger partial charge in [-0.1, -0.05) is 26.0 Å². The monoisotopic (exact) mass is 263 g/mol. The third-order valence-electron chi connectivity index (χ3n) is 2.76. The lowest BCUT2D eigenvalue weighted by atomic mass is 9.97. The highest BCUT2D eigenvalue weighted by atomic mass is 35.5. The zero-order valence-electron chi connectivity index (χ0n) is 10.5. The summed E-state index contributed by atoms with van der Waals surface area (Å²) in [6, 6.07) is 2.74. The second-order valence-corrected chi connectivity index (χ2v) is 4.68. The molecule has 0 aromatic heterocycles. The third-order valence-corrected chi connectivity index (χ3v) is 2.76. The first kappa shape index (κ1) is 16.3. The van der Waals surface area contributed by atoms with Gasteiger partial charge in [-0.15, -0.1) is 12.4 Å². The van der Waals surface area contributed by atoms with Crippen LogP contribution >= 0.6 is 12.4 Å². The summed E-state index contributed by atoms with van der Waals surface area (Å²) < 4.78 is 26.9. The minimum atomic E-state index is -0.795. The van der Waals surface area contributed by atoms with Crippen molar-refractivity contribution in [2.45, 2.75) is 39.7 Å². The molecule has 0 unspecified atom stereocenters. The van der Waals surface area contributed by atoms with Gasteiger partial charge in [-0.05, 0) is 31.2 Å². The van der Waals surface area contributed by atoms with Crippen molar-refractivity contribution in [1.82, 2.24) is 0 Å². The van der Waals surface area contributed by atoms with E-state index in [-0.39, 0.29) is 18.0 Å². The Hall–Kier alpha value is -0.670. The molecule has 0 aliphatic carbocycles. The largest absolute Gasteiger partial charge is 0.324 e. The second-order valence-electron chi connectivity index (χ2n) is 4.68. The molecule has 0 fully saturated rings. The maximum Gasteiger partial charge on any atom is 0.163 e. The number of hydrogen-bond acceptors (Lipinski definition) is 1. The number of aryl methyl sites for hydroxylation is 1. The van der Waals surface area contributed by atoms with Crippen molar-refractivity contribution in [3.63, 3.8) is 0 Å². The molecule has 1 aromatic rings. The molecule has 1 aromatic carbocycles. The van der Waals surface area contributed by atoms with Crippen molar-refractivity contribution in [3.8, 4) is 0 Å². The number of nitrogens with two attached hydrogens (primary N) is 1. The normalized spacial score (nSPS) is 12.4. The highest BCUT2D eigenvalue weighted by molar-refractivity contribution is 5.85. The molecular weight excluding hydrogens is 244 g/mol. The van der Waals surface area contributed by atoms with Crippen LogP contribution in [-0.2, 0) is 0 Å². The SMILES string of the molecule is Cc1ccc([C@@H](N)CCC(C)C)c(F)c1F.Cl. The van der Waals surface area contributed by atoms with Gasteiger partial charge in [0.1, 0.15) is 0 Å². The van der Waals surface area contributed by atoms with E-state index >= 15 is 0 Å². The van der Waals surface area contributed by atoms with E-state index in [1.807, 2.05) is 0 Å². The molecule has 0 saturated carbocycles. The lowest BCUT2D eigenvalue weighted by molar-refractivity contribution is 0.460. The van der Waals surface area contributed by atoms with Gasteiger partial charge in [0.2, 0.25) is 0 Å². The zero-order valence-corrected chi connectivity index (χ0v) is 11.3. The van der Waals surface area contributed by atoms with Crippen LogP contribution in [0.4, 0.5) is 8.78 Å². The molecule has 2 N–H and O–H groups in total. The Bertz CT molecular complexity index is 367. The Morgan fingerprint density at radius 3 is 2.24 bits per heavy atom. The van der Waals surface area contributed by atoms with Crippen molar-refractivity contribution in [2.24, 2.45) is 11.7 Å². The summed E-state index contributed by atoms with van der Waals surface area (Å²) >= 11 is 0. The summed E-state index contributed by atoms with van der Waals surface area (Å²) in [4.78, 5) is 0. The molecule has 0 heterocycles. The summed E-state index contributed by atoms with van der Waals surface area (Å²) in [6.07, 6.45) is 1.59. The van der Waals surface area contributed by atoms with Crippen LogP contribution in [0, 0.1) is 24.5 Å². The molecule has 17 heavy (non-hydrogen) atoms. The molecule has 0 aliphatic heterocycles. The molecule has 98 valence electrons. The quantitative estimate of drug-likeness (QED) is 0.868. The van der Waals surface area contributed by atoms with E-state index in [1.165, 1.54) is 0 Å². The van der Waals surface area contributed by atoms with Gasteiger partial charge in [0.25, 0.3) is 0 Å². The van der Waals surface area contributed by atoms with Crippen LogP contribution in [0.1, 0.15) is 43.9 Å². The van der Waals surface area contributed by atoms with E-state index in [0.29, 0.717) is 17.9 Å². The van der Waals surface area contributed by atoms with Gasteiger partial charge in [-0.3, -0.25) is 0 Å². The van der Waals surface area contributed by atoms with E-state index in [9.17, 15) is 8.78 Å². The molecule has 0 radical (unpaired) electrons. The van der Waals surface area contributed by atoms with E-state index in [1.54, 1.807) is 19.1 Å². The Labute approximate surface area is 108 Å². The first-order valence-electron chi connectivity index (χ1n) is 5.63. The Balaban J connectivity index is 0.00000256. The molecule has 0 bridgehead atoms. The zero-order chi connectivity index (χ0) is 12.3. The van der Waals surface area contributed by atoms with Crippen LogP contribution in [0.15, 0.2) is 12.1 Å². The first-order chi connectivity index (χ1) is 7.43. The first-order valence-corrected chi connectivity index (χ1v) is 5.63. The van der Waals surface area contributed by atoms with Crippen LogP contribution in [0.2, 0.25) is 0 Å². The molecule has 0 amide bonds. The van der Waals surface area contributed by atoms with Crippen LogP contribution in [0.25, 0.3) is 0 Å². The summed E-state index contributed by atoms with van der Waals surface area (Å²) in [7, 11) is 0. The fraction of sp³-hybridized carbons (Fsp3) is 0.538. The molecule has 1 nitrogen and oxygen atoms in total. The minimum Gasteiger partial charge on any atom is -0.324 e. The summed E-state index contributed by atoms with van der Waals surface area (Å²) in [5.41, 5.74) is 6.45. The smallest absolute Gasteiger partial charge is 0.163 e. The molecule has 4 heteroatoms. The number of hydrogen-bond donors (Lipinski definition) is 1. The van der Waals surface area contributed by atoms with Crippen molar-refractivity contribution < 1.29 is 8.78 Å². The number of rotatable bonds is 4. The summed E-state index contributed by atoms with van der Waals surface area (Å²) in [5, 5.41) is 0. The predicted molar refractivity (Wildman–Crippen MR) is 69.3 cm³/mol. The van der Waals surface area contributed by atoms with Gasteiger partial charge in [0.05, 0.1) is 0 Å². The second kappa shape index (κ2) is 6.92. The fourth-order valence-electron chi connectivity index (χ4n) is 1.62. The van der Waals surface area contributed by atoms with Crippen molar-refractivity contribution >= 4 is 12.4 Å². The van der Waals surface area contributed by atoms with Gasteiger partial charge in [-0.2, -0.15) is 0 Å². The Kier molecular flexibility index (Phi) is 6.65. The maximum atomic E-state index is 13.6. The van der Waals surface area contributed by atoms with E-state index in [4.69, 9.17) is 5.73 Å². The lowest BCUT2D eigenvalue weighted by Gasteiger charge is -2.15. The van der Waals surface area contributed by atoms with Crippen LogP contribution in [0.5, 0.6) is 0 Å². The highest BCUT2D eigenvalue weighted by Crippen LogP contribution is 2.24. The van der Waals surface area contributed by atoms with Crippen LogP contribution in [-0.4, -0.2) is 0 Å². The van der Waals surface area contributed by atoms with Crippen molar-refractivity contribution in [2.75, 3.05) is 0 Å².